The first-order valence-electron chi connectivity index (χ1n) is 5.86. The molecule has 0 aromatic carbocycles. The number of nitrogens with zero attached hydrogens (tertiary/aromatic N) is 3. The van der Waals surface area contributed by atoms with Crippen molar-refractivity contribution < 1.29 is 4.74 Å². The fraction of sp³-hybridized carbons (Fsp3) is 0.500. The lowest BCUT2D eigenvalue weighted by Crippen LogP contribution is -2.09. The minimum Gasteiger partial charge on any atom is -0.481 e. The van der Waals surface area contributed by atoms with Gasteiger partial charge in [0.25, 0.3) is 0 Å². The SMILES string of the molecule is COc1cccc2nc(C3CCSCC3)nn12. The Morgan fingerprint density at radius 1 is 1.35 bits per heavy atom. The molecule has 1 aliphatic rings. The van der Waals surface area contributed by atoms with E-state index in [1.807, 2.05) is 30.0 Å². The maximum absolute atomic E-state index is 5.28. The largest absolute Gasteiger partial charge is 0.481 e. The zero-order valence-corrected chi connectivity index (χ0v) is 10.6. The topological polar surface area (TPSA) is 39.4 Å². The molecule has 0 amide bonds. The highest BCUT2D eigenvalue weighted by molar-refractivity contribution is 7.99. The van der Waals surface area contributed by atoms with Crippen molar-refractivity contribution in [2.24, 2.45) is 0 Å². The molecule has 2 aromatic rings. The van der Waals surface area contributed by atoms with E-state index < -0.39 is 0 Å². The molecule has 90 valence electrons. The minimum absolute atomic E-state index is 0.515. The van der Waals surface area contributed by atoms with Crippen LogP contribution in [0.15, 0.2) is 18.2 Å². The third-order valence-electron chi connectivity index (χ3n) is 3.14. The number of methoxy groups -OCH3 is 1. The summed E-state index contributed by atoms with van der Waals surface area (Å²) in [5, 5.41) is 4.58. The molecule has 0 N–H and O–H groups in total. The van der Waals surface area contributed by atoms with Crippen molar-refractivity contribution in [3.8, 4) is 5.88 Å². The van der Waals surface area contributed by atoms with Crippen LogP contribution in [0.3, 0.4) is 0 Å². The van der Waals surface area contributed by atoms with E-state index in [4.69, 9.17) is 4.74 Å². The first kappa shape index (κ1) is 10.9. The van der Waals surface area contributed by atoms with Crippen LogP contribution < -0.4 is 4.74 Å². The van der Waals surface area contributed by atoms with E-state index in [1.165, 1.54) is 24.3 Å². The van der Waals surface area contributed by atoms with Crippen molar-refractivity contribution in [1.29, 1.82) is 0 Å². The van der Waals surface area contributed by atoms with Crippen molar-refractivity contribution in [3.05, 3.63) is 24.0 Å². The highest BCUT2D eigenvalue weighted by Crippen LogP contribution is 2.30. The molecule has 0 unspecified atom stereocenters. The summed E-state index contributed by atoms with van der Waals surface area (Å²) in [6, 6.07) is 5.82. The Balaban J connectivity index is 2.00. The Morgan fingerprint density at radius 3 is 2.94 bits per heavy atom. The molecule has 0 saturated carbocycles. The molecule has 2 aromatic heterocycles. The predicted molar refractivity (Wildman–Crippen MR) is 68.8 cm³/mol. The summed E-state index contributed by atoms with van der Waals surface area (Å²) >= 11 is 2.02. The van der Waals surface area contributed by atoms with Crippen molar-refractivity contribution in [3.63, 3.8) is 0 Å². The molecule has 1 saturated heterocycles. The normalized spacial score (nSPS) is 17.5. The molecule has 4 nitrogen and oxygen atoms in total. The van der Waals surface area contributed by atoms with Gasteiger partial charge in [-0.3, -0.25) is 0 Å². The van der Waals surface area contributed by atoms with Gasteiger partial charge in [-0.1, -0.05) is 6.07 Å². The van der Waals surface area contributed by atoms with Crippen molar-refractivity contribution >= 4 is 17.4 Å². The van der Waals surface area contributed by atoms with Crippen LogP contribution in [0.1, 0.15) is 24.6 Å². The van der Waals surface area contributed by atoms with Crippen molar-refractivity contribution in [2.45, 2.75) is 18.8 Å². The molecule has 17 heavy (non-hydrogen) atoms. The van der Waals surface area contributed by atoms with Crippen LogP contribution in [-0.2, 0) is 0 Å². The maximum atomic E-state index is 5.28. The first-order valence-corrected chi connectivity index (χ1v) is 7.01. The van der Waals surface area contributed by atoms with Gasteiger partial charge in [0, 0.05) is 12.0 Å². The predicted octanol–water partition coefficient (Wildman–Crippen LogP) is 2.35. The third kappa shape index (κ3) is 1.99. The molecule has 1 aliphatic heterocycles. The Kier molecular flexibility index (Phi) is 2.93. The number of thioether (sulfide) groups is 1. The Morgan fingerprint density at radius 2 is 2.18 bits per heavy atom. The fourth-order valence-corrected chi connectivity index (χ4v) is 3.29. The zero-order valence-electron chi connectivity index (χ0n) is 9.80. The highest BCUT2D eigenvalue weighted by atomic mass is 32.2. The molecule has 0 atom stereocenters. The fourth-order valence-electron chi connectivity index (χ4n) is 2.18. The number of pyridine rings is 1. The van der Waals surface area contributed by atoms with E-state index in [1.54, 1.807) is 11.6 Å². The van der Waals surface area contributed by atoms with Gasteiger partial charge in [-0.25, -0.2) is 4.98 Å². The minimum atomic E-state index is 0.515. The maximum Gasteiger partial charge on any atom is 0.216 e. The number of aromatic nitrogens is 3. The molecule has 3 heterocycles. The van der Waals surface area contributed by atoms with Gasteiger partial charge in [0.15, 0.2) is 11.5 Å². The molecular formula is C12H15N3OS. The molecule has 5 heteroatoms. The van der Waals surface area contributed by atoms with Crippen LogP contribution in [0.2, 0.25) is 0 Å². The molecule has 3 rings (SSSR count). The summed E-state index contributed by atoms with van der Waals surface area (Å²) in [5.74, 6) is 4.66. The Labute approximate surface area is 104 Å². The summed E-state index contributed by atoms with van der Waals surface area (Å²) in [5.41, 5.74) is 0.873. The van der Waals surface area contributed by atoms with Gasteiger partial charge < -0.3 is 4.74 Å². The molecule has 0 aliphatic carbocycles. The molecule has 0 radical (unpaired) electrons. The van der Waals surface area contributed by atoms with Gasteiger partial charge in [-0.15, -0.1) is 5.10 Å². The smallest absolute Gasteiger partial charge is 0.216 e. The van der Waals surface area contributed by atoms with Crippen LogP contribution >= 0.6 is 11.8 Å². The molecule has 0 spiro atoms. The summed E-state index contributed by atoms with van der Waals surface area (Å²) in [4.78, 5) is 4.61. The zero-order chi connectivity index (χ0) is 11.7. The molecule has 1 fully saturated rings. The van der Waals surface area contributed by atoms with Crippen LogP contribution in [0.4, 0.5) is 0 Å². The van der Waals surface area contributed by atoms with Gasteiger partial charge in [0.1, 0.15) is 0 Å². The monoisotopic (exact) mass is 249 g/mol. The molecule has 0 bridgehead atoms. The highest BCUT2D eigenvalue weighted by Gasteiger charge is 2.20. The van der Waals surface area contributed by atoms with E-state index >= 15 is 0 Å². The van der Waals surface area contributed by atoms with E-state index in [-0.39, 0.29) is 0 Å². The summed E-state index contributed by atoms with van der Waals surface area (Å²) in [6.07, 6.45) is 2.37. The second kappa shape index (κ2) is 4.56. The number of rotatable bonds is 2. The average Bonchev–Trinajstić information content (AvgIpc) is 2.83. The van der Waals surface area contributed by atoms with Gasteiger partial charge >= 0.3 is 0 Å². The molecular weight excluding hydrogens is 234 g/mol. The van der Waals surface area contributed by atoms with E-state index in [0.717, 1.165) is 17.4 Å². The van der Waals surface area contributed by atoms with Gasteiger partial charge in [-0.2, -0.15) is 16.3 Å². The van der Waals surface area contributed by atoms with Gasteiger partial charge in [-0.05, 0) is 30.4 Å². The number of hydrogen-bond donors (Lipinski definition) is 0. The standard InChI is InChI=1S/C12H15N3OS/c1-16-11-4-2-3-10-13-12(14-15(10)11)9-5-7-17-8-6-9/h2-4,9H,5-8H2,1H3. The van der Waals surface area contributed by atoms with E-state index in [0.29, 0.717) is 5.92 Å². The number of hydrogen-bond acceptors (Lipinski definition) is 4. The lowest BCUT2D eigenvalue weighted by atomic mass is 10.0. The first-order chi connectivity index (χ1) is 8.38. The lowest BCUT2D eigenvalue weighted by Gasteiger charge is -2.17. The lowest BCUT2D eigenvalue weighted by molar-refractivity contribution is 0.384. The summed E-state index contributed by atoms with van der Waals surface area (Å²) < 4.78 is 7.07. The van der Waals surface area contributed by atoms with Crippen molar-refractivity contribution in [1.82, 2.24) is 14.6 Å². The van der Waals surface area contributed by atoms with Crippen molar-refractivity contribution in [2.75, 3.05) is 18.6 Å². The second-order valence-electron chi connectivity index (χ2n) is 4.19. The Bertz CT molecular complexity index is 519. The van der Waals surface area contributed by atoms with E-state index in [9.17, 15) is 0 Å². The summed E-state index contributed by atoms with van der Waals surface area (Å²) in [7, 11) is 1.66. The average molecular weight is 249 g/mol. The number of ether oxygens (including phenoxy) is 1. The van der Waals surface area contributed by atoms with E-state index in [2.05, 4.69) is 10.1 Å². The van der Waals surface area contributed by atoms with Gasteiger partial charge in [0.05, 0.1) is 7.11 Å². The van der Waals surface area contributed by atoms with Crippen LogP contribution in [0.5, 0.6) is 5.88 Å². The second-order valence-corrected chi connectivity index (χ2v) is 5.42. The quantitative estimate of drug-likeness (QED) is 0.819. The van der Waals surface area contributed by atoms with Gasteiger partial charge in [0.2, 0.25) is 5.88 Å². The van der Waals surface area contributed by atoms with Crippen LogP contribution in [-0.4, -0.2) is 33.2 Å². The third-order valence-corrected chi connectivity index (χ3v) is 4.19. The van der Waals surface area contributed by atoms with Crippen LogP contribution in [0.25, 0.3) is 5.65 Å². The summed E-state index contributed by atoms with van der Waals surface area (Å²) in [6.45, 7) is 0. The van der Waals surface area contributed by atoms with Crippen LogP contribution in [0, 0.1) is 0 Å². The number of fused-ring (bicyclic) bond motifs is 1. The Hall–Kier alpha value is -1.23.